The molecule has 1 aromatic carbocycles. The average Bonchev–Trinajstić information content (AvgIpc) is 2.64. The van der Waals surface area contributed by atoms with E-state index in [0.29, 0.717) is 5.76 Å². The van der Waals surface area contributed by atoms with Crippen LogP contribution in [0.25, 0.3) is 0 Å². The molecule has 0 saturated heterocycles. The van der Waals surface area contributed by atoms with Crippen molar-refractivity contribution in [3.05, 3.63) is 58.8 Å². The van der Waals surface area contributed by atoms with Gasteiger partial charge >= 0.3 is 0 Å². The molecule has 0 unspecified atom stereocenters. The van der Waals surface area contributed by atoms with Gasteiger partial charge in [-0.3, -0.25) is 4.79 Å². The van der Waals surface area contributed by atoms with Gasteiger partial charge in [-0.15, -0.1) is 0 Å². The van der Waals surface area contributed by atoms with Crippen LogP contribution in [0.3, 0.4) is 0 Å². The summed E-state index contributed by atoms with van der Waals surface area (Å²) < 4.78 is 18.7. The van der Waals surface area contributed by atoms with E-state index in [9.17, 15) is 9.18 Å². The summed E-state index contributed by atoms with van der Waals surface area (Å²) in [6, 6.07) is 7.75. The highest BCUT2D eigenvalue weighted by atomic mass is 19.1. The van der Waals surface area contributed by atoms with Crippen LogP contribution in [-0.2, 0) is 0 Å². The Balaban J connectivity index is 2.41. The smallest absolute Gasteiger partial charge is 0.231 e. The second-order valence-electron chi connectivity index (χ2n) is 3.72. The molecule has 0 aliphatic carbocycles. The number of rotatable bonds is 2. The number of carbonyl (C=O) groups excluding carboxylic acids is 1. The van der Waals surface area contributed by atoms with Gasteiger partial charge < -0.3 is 4.42 Å². The fourth-order valence-corrected chi connectivity index (χ4v) is 1.49. The predicted octanol–water partition coefficient (Wildman–Crippen LogP) is 3.27. The Morgan fingerprint density at radius 1 is 1.19 bits per heavy atom. The maximum absolute atomic E-state index is 13.5. The van der Waals surface area contributed by atoms with Crippen molar-refractivity contribution < 1.29 is 13.6 Å². The third-order valence-electron chi connectivity index (χ3n) is 2.33. The summed E-state index contributed by atoms with van der Waals surface area (Å²) >= 11 is 0. The van der Waals surface area contributed by atoms with E-state index in [1.54, 1.807) is 32.0 Å². The third-order valence-corrected chi connectivity index (χ3v) is 2.33. The Morgan fingerprint density at radius 3 is 2.50 bits per heavy atom. The molecule has 0 fully saturated rings. The molecule has 2 rings (SSSR count). The van der Waals surface area contributed by atoms with Crippen molar-refractivity contribution >= 4 is 5.78 Å². The van der Waals surface area contributed by atoms with Gasteiger partial charge in [0.15, 0.2) is 5.76 Å². The number of benzene rings is 1. The summed E-state index contributed by atoms with van der Waals surface area (Å²) in [6.45, 7) is 3.51. The van der Waals surface area contributed by atoms with Crippen molar-refractivity contribution in [1.82, 2.24) is 0 Å². The van der Waals surface area contributed by atoms with E-state index < -0.39 is 11.6 Å². The number of hydrogen-bond donors (Lipinski definition) is 0. The molecule has 16 heavy (non-hydrogen) atoms. The number of ketones is 1. The van der Waals surface area contributed by atoms with E-state index >= 15 is 0 Å². The van der Waals surface area contributed by atoms with Crippen LogP contribution in [0, 0.1) is 19.7 Å². The zero-order valence-corrected chi connectivity index (χ0v) is 9.08. The molecule has 0 aliphatic rings. The Bertz CT molecular complexity index is 541. The molecule has 2 aromatic rings. The Kier molecular flexibility index (Phi) is 2.60. The summed E-state index contributed by atoms with van der Waals surface area (Å²) in [7, 11) is 0. The van der Waals surface area contributed by atoms with Gasteiger partial charge in [0.2, 0.25) is 5.78 Å². The fourth-order valence-electron chi connectivity index (χ4n) is 1.49. The number of furan rings is 1. The molecule has 82 valence electrons. The normalized spacial score (nSPS) is 10.4. The largest absolute Gasteiger partial charge is 0.458 e. The summed E-state index contributed by atoms with van der Waals surface area (Å²) in [4.78, 5) is 11.9. The standard InChI is InChI=1S/C13H11FO2/c1-8-3-5-10(11(14)7-8)13(15)12-6-4-9(2)16-12/h3-7H,1-2H3. The van der Waals surface area contributed by atoms with Crippen LogP contribution in [0.15, 0.2) is 34.7 Å². The lowest BCUT2D eigenvalue weighted by atomic mass is 10.1. The molecule has 0 amide bonds. The van der Waals surface area contributed by atoms with E-state index in [4.69, 9.17) is 4.42 Å². The Labute approximate surface area is 92.7 Å². The fraction of sp³-hybridized carbons (Fsp3) is 0.154. The topological polar surface area (TPSA) is 30.2 Å². The predicted molar refractivity (Wildman–Crippen MR) is 58.0 cm³/mol. The molecule has 3 heteroatoms. The highest BCUT2D eigenvalue weighted by molar-refractivity contribution is 6.07. The van der Waals surface area contributed by atoms with Gasteiger partial charge in [-0.25, -0.2) is 4.39 Å². The summed E-state index contributed by atoms with van der Waals surface area (Å²) in [5.41, 5.74) is 0.824. The number of hydrogen-bond acceptors (Lipinski definition) is 2. The van der Waals surface area contributed by atoms with Gasteiger partial charge in [0.25, 0.3) is 0 Å². The van der Waals surface area contributed by atoms with Crippen LogP contribution in [0.1, 0.15) is 27.4 Å². The van der Waals surface area contributed by atoms with Crippen molar-refractivity contribution in [2.45, 2.75) is 13.8 Å². The second kappa shape index (κ2) is 3.93. The lowest BCUT2D eigenvalue weighted by Crippen LogP contribution is -2.03. The molecule has 0 saturated carbocycles. The first-order valence-corrected chi connectivity index (χ1v) is 4.95. The molecular weight excluding hydrogens is 207 g/mol. The van der Waals surface area contributed by atoms with E-state index in [-0.39, 0.29) is 11.3 Å². The van der Waals surface area contributed by atoms with Crippen LogP contribution in [0.4, 0.5) is 4.39 Å². The van der Waals surface area contributed by atoms with Gasteiger partial charge in [0, 0.05) is 0 Å². The molecule has 1 heterocycles. The van der Waals surface area contributed by atoms with Crippen LogP contribution >= 0.6 is 0 Å². The zero-order valence-electron chi connectivity index (χ0n) is 9.08. The molecule has 1 aromatic heterocycles. The third kappa shape index (κ3) is 1.89. The van der Waals surface area contributed by atoms with Crippen molar-refractivity contribution in [1.29, 1.82) is 0 Å². The lowest BCUT2D eigenvalue weighted by molar-refractivity contribution is 0.100. The van der Waals surface area contributed by atoms with Crippen molar-refractivity contribution in [2.24, 2.45) is 0 Å². The lowest BCUT2D eigenvalue weighted by Gasteiger charge is -2.01. The van der Waals surface area contributed by atoms with E-state index in [0.717, 1.165) is 5.56 Å². The van der Waals surface area contributed by atoms with Gasteiger partial charge in [-0.05, 0) is 43.7 Å². The summed E-state index contributed by atoms with van der Waals surface area (Å²) in [5.74, 6) is -0.138. The quantitative estimate of drug-likeness (QED) is 0.724. The second-order valence-corrected chi connectivity index (χ2v) is 3.72. The van der Waals surface area contributed by atoms with Crippen LogP contribution in [0.2, 0.25) is 0 Å². The monoisotopic (exact) mass is 218 g/mol. The SMILES string of the molecule is Cc1ccc(C(=O)c2ccc(C)o2)c(F)c1. The summed E-state index contributed by atoms with van der Waals surface area (Å²) in [6.07, 6.45) is 0. The van der Waals surface area contributed by atoms with Gasteiger partial charge in [-0.1, -0.05) is 6.07 Å². The van der Waals surface area contributed by atoms with Gasteiger partial charge in [0.1, 0.15) is 11.6 Å². The molecule has 0 radical (unpaired) electrons. The maximum Gasteiger partial charge on any atom is 0.231 e. The minimum absolute atomic E-state index is 0.0416. The Morgan fingerprint density at radius 2 is 1.94 bits per heavy atom. The first kappa shape index (κ1) is 10.6. The van der Waals surface area contributed by atoms with Crippen LogP contribution in [0.5, 0.6) is 0 Å². The highest BCUT2D eigenvalue weighted by Gasteiger charge is 2.16. The molecule has 0 bridgehead atoms. The summed E-state index contributed by atoms with van der Waals surface area (Å²) in [5, 5.41) is 0. The molecule has 0 N–H and O–H groups in total. The van der Waals surface area contributed by atoms with E-state index in [2.05, 4.69) is 0 Å². The van der Waals surface area contributed by atoms with Gasteiger partial charge in [0.05, 0.1) is 5.56 Å². The van der Waals surface area contributed by atoms with Crippen LogP contribution in [-0.4, -0.2) is 5.78 Å². The first-order chi connectivity index (χ1) is 7.58. The van der Waals surface area contributed by atoms with E-state index in [1.165, 1.54) is 12.1 Å². The zero-order chi connectivity index (χ0) is 11.7. The molecular formula is C13H11FO2. The minimum atomic E-state index is -0.515. The van der Waals surface area contributed by atoms with E-state index in [1.807, 2.05) is 0 Å². The number of halogens is 1. The molecule has 0 spiro atoms. The number of aryl methyl sites for hydroxylation is 2. The number of carbonyl (C=O) groups is 1. The van der Waals surface area contributed by atoms with Gasteiger partial charge in [-0.2, -0.15) is 0 Å². The van der Waals surface area contributed by atoms with Crippen molar-refractivity contribution in [3.63, 3.8) is 0 Å². The minimum Gasteiger partial charge on any atom is -0.458 e. The molecule has 0 aliphatic heterocycles. The Hall–Kier alpha value is -1.90. The van der Waals surface area contributed by atoms with Crippen LogP contribution < -0.4 is 0 Å². The molecule has 2 nitrogen and oxygen atoms in total. The average molecular weight is 218 g/mol. The van der Waals surface area contributed by atoms with Crippen molar-refractivity contribution in [3.8, 4) is 0 Å². The highest BCUT2D eigenvalue weighted by Crippen LogP contribution is 2.16. The molecule has 0 atom stereocenters. The first-order valence-electron chi connectivity index (χ1n) is 4.95. The maximum atomic E-state index is 13.5. The van der Waals surface area contributed by atoms with Crippen molar-refractivity contribution in [2.75, 3.05) is 0 Å².